The third kappa shape index (κ3) is 3.36. The van der Waals surface area contributed by atoms with Gasteiger partial charge in [-0.05, 0) is 32.4 Å². The summed E-state index contributed by atoms with van der Waals surface area (Å²) in [6.07, 6.45) is 4.73. The first kappa shape index (κ1) is 12.8. The summed E-state index contributed by atoms with van der Waals surface area (Å²) < 4.78 is 13.8. The molecule has 1 aliphatic rings. The lowest BCUT2D eigenvalue weighted by Crippen LogP contribution is -2.51. The molecule has 5 heteroatoms. The predicted octanol–water partition coefficient (Wildman–Crippen LogP) is 1.36. The summed E-state index contributed by atoms with van der Waals surface area (Å²) in [5, 5.41) is 0. The Balaban J connectivity index is 2.61. The minimum atomic E-state index is -0.753. The zero-order chi connectivity index (χ0) is 11.1. The van der Waals surface area contributed by atoms with E-state index in [0.717, 1.165) is 19.3 Å². The Hall–Kier alpha value is -0.260. The van der Waals surface area contributed by atoms with Gasteiger partial charge in [-0.25, -0.2) is 4.79 Å². The van der Waals surface area contributed by atoms with E-state index in [9.17, 15) is 4.79 Å². The van der Waals surface area contributed by atoms with Gasteiger partial charge in [-0.15, -0.1) is 0 Å². The number of rotatable bonds is 5. The van der Waals surface area contributed by atoms with Gasteiger partial charge >= 0.3 is 5.97 Å². The highest BCUT2D eigenvalue weighted by Crippen LogP contribution is 2.26. The van der Waals surface area contributed by atoms with E-state index in [-0.39, 0.29) is 5.97 Å². The highest BCUT2D eigenvalue weighted by Gasteiger charge is 2.42. The molecular formula is C10H19NO3S. The number of esters is 1. The van der Waals surface area contributed by atoms with Crippen molar-refractivity contribution in [2.24, 2.45) is 0 Å². The van der Waals surface area contributed by atoms with Gasteiger partial charge in [0, 0.05) is 13.2 Å². The van der Waals surface area contributed by atoms with Gasteiger partial charge in [-0.3, -0.25) is 4.72 Å². The Kier molecular flexibility index (Phi) is 5.42. The Morgan fingerprint density at radius 3 is 2.93 bits per heavy atom. The largest absolute Gasteiger partial charge is 0.464 e. The maximum atomic E-state index is 11.8. The van der Waals surface area contributed by atoms with E-state index in [4.69, 9.17) is 9.47 Å². The van der Waals surface area contributed by atoms with Crippen molar-refractivity contribution in [1.82, 2.24) is 4.72 Å². The molecule has 88 valence electrons. The van der Waals surface area contributed by atoms with Crippen LogP contribution in [0.4, 0.5) is 0 Å². The molecule has 0 bridgehead atoms. The first-order valence-electron chi connectivity index (χ1n) is 5.32. The van der Waals surface area contributed by atoms with Crippen molar-refractivity contribution in [2.75, 3.05) is 26.0 Å². The topological polar surface area (TPSA) is 47.6 Å². The van der Waals surface area contributed by atoms with Gasteiger partial charge in [0.05, 0.1) is 6.61 Å². The predicted molar refractivity (Wildman–Crippen MR) is 60.7 cm³/mol. The van der Waals surface area contributed by atoms with Crippen molar-refractivity contribution >= 4 is 17.9 Å². The molecule has 1 N–H and O–H groups in total. The first-order chi connectivity index (χ1) is 7.25. The lowest BCUT2D eigenvalue weighted by atomic mass is 9.94. The number of hydrogen-bond acceptors (Lipinski definition) is 5. The van der Waals surface area contributed by atoms with Crippen LogP contribution >= 0.6 is 11.9 Å². The second-order valence-corrected chi connectivity index (χ2v) is 4.24. The normalized spacial score (nSPS) is 26.3. The summed E-state index contributed by atoms with van der Waals surface area (Å²) in [6, 6.07) is 0. The Labute approximate surface area is 95.2 Å². The fraction of sp³-hybridized carbons (Fsp3) is 0.900. The maximum absolute atomic E-state index is 11.8. The second kappa shape index (κ2) is 6.35. The molecule has 0 aromatic rings. The Morgan fingerprint density at radius 2 is 2.40 bits per heavy atom. The van der Waals surface area contributed by atoms with Crippen molar-refractivity contribution < 1.29 is 14.3 Å². The third-order valence-electron chi connectivity index (χ3n) is 2.50. The molecule has 0 radical (unpaired) electrons. The van der Waals surface area contributed by atoms with Crippen LogP contribution in [0.2, 0.25) is 0 Å². The Bertz CT molecular complexity index is 205. The van der Waals surface area contributed by atoms with E-state index >= 15 is 0 Å². The number of carbonyl (C=O) groups is 1. The molecular weight excluding hydrogens is 214 g/mol. The van der Waals surface area contributed by atoms with Gasteiger partial charge in [0.25, 0.3) is 0 Å². The van der Waals surface area contributed by atoms with Crippen LogP contribution in [0.1, 0.15) is 26.2 Å². The fourth-order valence-electron chi connectivity index (χ4n) is 1.68. The minimum Gasteiger partial charge on any atom is -0.464 e. The number of carbonyl (C=O) groups excluding carboxylic acids is 1. The second-order valence-electron chi connectivity index (χ2n) is 3.55. The molecule has 0 aromatic heterocycles. The molecule has 0 amide bonds. The van der Waals surface area contributed by atoms with Crippen LogP contribution in [0.25, 0.3) is 0 Å². The smallest absolute Gasteiger partial charge is 0.339 e. The SMILES string of the molecule is CCOC(=O)C1(CNSC)CCCCO1. The molecule has 1 aliphatic heterocycles. The molecule has 1 saturated heterocycles. The molecule has 1 rings (SSSR count). The van der Waals surface area contributed by atoms with Crippen molar-refractivity contribution in [3.8, 4) is 0 Å². The van der Waals surface area contributed by atoms with Crippen LogP contribution in [0.5, 0.6) is 0 Å². The molecule has 4 nitrogen and oxygen atoms in total. The van der Waals surface area contributed by atoms with Gasteiger partial charge in [-0.1, -0.05) is 11.9 Å². The van der Waals surface area contributed by atoms with Crippen molar-refractivity contribution in [3.05, 3.63) is 0 Å². The highest BCUT2D eigenvalue weighted by molar-refractivity contribution is 7.96. The molecule has 1 fully saturated rings. The molecule has 15 heavy (non-hydrogen) atoms. The van der Waals surface area contributed by atoms with E-state index in [0.29, 0.717) is 19.8 Å². The van der Waals surface area contributed by atoms with Crippen LogP contribution in [0, 0.1) is 0 Å². The van der Waals surface area contributed by atoms with E-state index in [2.05, 4.69) is 4.72 Å². The number of hydrogen-bond donors (Lipinski definition) is 1. The molecule has 0 spiro atoms. The standard InChI is InChI=1S/C10H19NO3S/c1-3-13-9(12)10(8-11-15-2)6-4-5-7-14-10/h11H,3-8H2,1-2H3. The minimum absolute atomic E-state index is 0.230. The third-order valence-corrected chi connectivity index (χ3v) is 2.94. The van der Waals surface area contributed by atoms with E-state index in [1.165, 1.54) is 11.9 Å². The lowest BCUT2D eigenvalue weighted by molar-refractivity contribution is -0.177. The summed E-state index contributed by atoms with van der Waals surface area (Å²) in [7, 11) is 0. The van der Waals surface area contributed by atoms with E-state index < -0.39 is 5.60 Å². The van der Waals surface area contributed by atoms with Gasteiger partial charge in [-0.2, -0.15) is 0 Å². The molecule has 1 atom stereocenters. The van der Waals surface area contributed by atoms with E-state index in [1.807, 2.05) is 13.2 Å². The van der Waals surface area contributed by atoms with Crippen LogP contribution in [-0.2, 0) is 14.3 Å². The monoisotopic (exact) mass is 233 g/mol. The lowest BCUT2D eigenvalue weighted by Gasteiger charge is -2.34. The summed E-state index contributed by atoms with van der Waals surface area (Å²) in [5.74, 6) is -0.230. The summed E-state index contributed by atoms with van der Waals surface area (Å²) in [6.45, 7) is 3.39. The molecule has 0 aliphatic carbocycles. The summed E-state index contributed by atoms with van der Waals surface area (Å²) in [5.41, 5.74) is -0.753. The Morgan fingerprint density at radius 1 is 1.60 bits per heavy atom. The number of nitrogens with one attached hydrogen (secondary N) is 1. The molecule has 1 heterocycles. The van der Waals surface area contributed by atoms with Crippen molar-refractivity contribution in [1.29, 1.82) is 0 Å². The van der Waals surface area contributed by atoms with Gasteiger partial charge < -0.3 is 9.47 Å². The first-order valence-corrected chi connectivity index (χ1v) is 6.54. The average Bonchev–Trinajstić information content (AvgIpc) is 2.28. The molecule has 0 saturated carbocycles. The van der Waals surface area contributed by atoms with Gasteiger partial charge in [0.1, 0.15) is 0 Å². The maximum Gasteiger partial charge on any atom is 0.339 e. The van der Waals surface area contributed by atoms with Crippen LogP contribution in [0.3, 0.4) is 0 Å². The van der Waals surface area contributed by atoms with E-state index in [1.54, 1.807) is 0 Å². The average molecular weight is 233 g/mol. The van der Waals surface area contributed by atoms with Gasteiger partial charge in [0.2, 0.25) is 0 Å². The van der Waals surface area contributed by atoms with Crippen LogP contribution in [0.15, 0.2) is 0 Å². The van der Waals surface area contributed by atoms with Crippen LogP contribution in [-0.4, -0.2) is 37.6 Å². The highest BCUT2D eigenvalue weighted by atomic mass is 32.2. The molecule has 1 unspecified atom stereocenters. The van der Waals surface area contributed by atoms with Crippen molar-refractivity contribution in [3.63, 3.8) is 0 Å². The quantitative estimate of drug-likeness (QED) is 0.574. The zero-order valence-electron chi connectivity index (χ0n) is 9.38. The molecule has 0 aromatic carbocycles. The van der Waals surface area contributed by atoms with Crippen molar-refractivity contribution in [2.45, 2.75) is 31.8 Å². The van der Waals surface area contributed by atoms with Crippen LogP contribution < -0.4 is 4.72 Å². The van der Waals surface area contributed by atoms with Gasteiger partial charge in [0.15, 0.2) is 5.60 Å². The number of ether oxygens (including phenoxy) is 2. The summed E-state index contributed by atoms with van der Waals surface area (Å²) in [4.78, 5) is 11.8. The zero-order valence-corrected chi connectivity index (χ0v) is 10.2. The fourth-order valence-corrected chi connectivity index (χ4v) is 2.05. The summed E-state index contributed by atoms with van der Waals surface area (Å²) >= 11 is 1.49.